The molecule has 7 nitrogen and oxygen atoms in total. The smallest absolute Gasteiger partial charge is 0.248 e. The zero-order valence-electron chi connectivity index (χ0n) is 13.8. The Hall–Kier alpha value is -1.81. The molecule has 1 atom stereocenters. The zero-order chi connectivity index (χ0) is 18.0. The van der Waals surface area contributed by atoms with E-state index in [2.05, 4.69) is 16.8 Å². The second kappa shape index (κ2) is 7.20. The maximum absolute atomic E-state index is 12.8. The maximum Gasteiger partial charge on any atom is 0.248 e. The Morgan fingerprint density at radius 3 is 2.60 bits per heavy atom. The van der Waals surface area contributed by atoms with Gasteiger partial charge in [-0.05, 0) is 25.1 Å². The van der Waals surface area contributed by atoms with Gasteiger partial charge in [-0.15, -0.1) is 11.3 Å². The van der Waals surface area contributed by atoms with Crippen molar-refractivity contribution in [2.45, 2.75) is 17.9 Å². The first-order chi connectivity index (χ1) is 11.9. The van der Waals surface area contributed by atoms with E-state index in [1.54, 1.807) is 17.5 Å². The molecule has 0 aliphatic carbocycles. The van der Waals surface area contributed by atoms with Gasteiger partial charge in [-0.2, -0.15) is 4.31 Å². The van der Waals surface area contributed by atoms with Crippen molar-refractivity contribution >= 4 is 27.3 Å². The molecule has 1 aliphatic heterocycles. The fraction of sp³-hybridized carbons (Fsp3) is 0.375. The van der Waals surface area contributed by atoms with Gasteiger partial charge >= 0.3 is 0 Å². The van der Waals surface area contributed by atoms with E-state index < -0.39 is 15.9 Å². The molecule has 25 heavy (non-hydrogen) atoms. The summed E-state index contributed by atoms with van der Waals surface area (Å²) >= 11 is 1.60. The Morgan fingerprint density at radius 2 is 2.00 bits per heavy atom. The molecule has 0 bridgehead atoms. The van der Waals surface area contributed by atoms with E-state index in [4.69, 9.17) is 5.73 Å². The number of thiazole rings is 1. The number of benzene rings is 1. The fourth-order valence-electron chi connectivity index (χ4n) is 2.89. The van der Waals surface area contributed by atoms with E-state index in [0.29, 0.717) is 26.2 Å². The minimum atomic E-state index is -3.64. The summed E-state index contributed by atoms with van der Waals surface area (Å²) in [5.74, 6) is -0.640. The largest absolute Gasteiger partial charge is 0.366 e. The lowest BCUT2D eigenvalue weighted by molar-refractivity contribution is 0.1000. The molecule has 1 aliphatic rings. The number of carbonyl (C=O) groups is 1. The Labute approximate surface area is 151 Å². The molecule has 0 radical (unpaired) electrons. The predicted octanol–water partition coefficient (Wildman–Crippen LogP) is 1.31. The molecule has 1 aromatic heterocycles. The van der Waals surface area contributed by atoms with Crippen LogP contribution < -0.4 is 5.73 Å². The van der Waals surface area contributed by atoms with Crippen molar-refractivity contribution < 1.29 is 13.2 Å². The van der Waals surface area contributed by atoms with Gasteiger partial charge < -0.3 is 5.73 Å². The lowest BCUT2D eigenvalue weighted by Crippen LogP contribution is -2.49. The number of sulfonamides is 1. The Bertz CT molecular complexity index is 844. The van der Waals surface area contributed by atoms with Crippen LogP contribution in [0, 0.1) is 0 Å². The van der Waals surface area contributed by atoms with Crippen molar-refractivity contribution in [2.24, 2.45) is 5.73 Å². The molecule has 0 saturated carbocycles. The number of carbonyl (C=O) groups excluding carboxylic acids is 1. The highest BCUT2D eigenvalue weighted by atomic mass is 32.2. The van der Waals surface area contributed by atoms with Crippen LogP contribution in [0.2, 0.25) is 0 Å². The Morgan fingerprint density at radius 1 is 1.28 bits per heavy atom. The lowest BCUT2D eigenvalue weighted by Gasteiger charge is -2.36. The van der Waals surface area contributed by atoms with Gasteiger partial charge in [-0.25, -0.2) is 13.4 Å². The second-order valence-corrected chi connectivity index (χ2v) is 8.74. The number of nitrogens with zero attached hydrogens (tertiary/aromatic N) is 3. The van der Waals surface area contributed by atoms with E-state index in [0.717, 1.165) is 5.01 Å². The van der Waals surface area contributed by atoms with Crippen LogP contribution in [0.1, 0.15) is 28.3 Å². The lowest BCUT2D eigenvalue weighted by atomic mass is 10.2. The SMILES string of the molecule is CC(c1nccs1)N1CCN(S(=O)(=O)c2cccc(C(N)=O)c2)CC1. The van der Waals surface area contributed by atoms with Gasteiger partial charge in [-0.3, -0.25) is 9.69 Å². The normalized spacial score (nSPS) is 18.1. The summed E-state index contributed by atoms with van der Waals surface area (Å²) in [6.45, 7) is 4.15. The van der Waals surface area contributed by atoms with Crippen molar-refractivity contribution in [3.8, 4) is 0 Å². The first kappa shape index (κ1) is 18.0. The monoisotopic (exact) mass is 380 g/mol. The van der Waals surface area contributed by atoms with Crippen molar-refractivity contribution in [1.82, 2.24) is 14.2 Å². The summed E-state index contributed by atoms with van der Waals surface area (Å²) < 4.78 is 27.1. The third-order valence-corrected chi connectivity index (χ3v) is 7.23. The third kappa shape index (κ3) is 3.74. The number of aromatic nitrogens is 1. The average Bonchev–Trinajstić information content (AvgIpc) is 3.16. The molecule has 0 spiro atoms. The number of amides is 1. The van der Waals surface area contributed by atoms with Gasteiger partial charge in [0.15, 0.2) is 0 Å². The highest BCUT2D eigenvalue weighted by Gasteiger charge is 2.31. The minimum absolute atomic E-state index is 0.102. The molecule has 1 aromatic carbocycles. The quantitative estimate of drug-likeness (QED) is 0.844. The summed E-state index contributed by atoms with van der Waals surface area (Å²) in [5, 5.41) is 2.98. The molecule has 3 rings (SSSR count). The van der Waals surface area contributed by atoms with Gasteiger partial charge in [-0.1, -0.05) is 6.07 Å². The van der Waals surface area contributed by atoms with Crippen LogP contribution in [0.15, 0.2) is 40.7 Å². The molecule has 1 unspecified atom stereocenters. The molecule has 2 N–H and O–H groups in total. The fourth-order valence-corrected chi connectivity index (χ4v) is 5.08. The van der Waals surface area contributed by atoms with Crippen LogP contribution >= 0.6 is 11.3 Å². The van der Waals surface area contributed by atoms with Crippen molar-refractivity contribution in [3.63, 3.8) is 0 Å². The molecule has 1 saturated heterocycles. The van der Waals surface area contributed by atoms with E-state index in [1.807, 2.05) is 5.38 Å². The summed E-state index contributed by atoms with van der Waals surface area (Å²) in [4.78, 5) is 18.0. The standard InChI is InChI=1S/C16H20N4O3S2/c1-12(16-18-5-10-24-16)19-6-8-20(9-7-19)25(22,23)14-4-2-3-13(11-14)15(17)21/h2-5,10-12H,6-9H2,1H3,(H2,17,21). The number of hydrogen-bond acceptors (Lipinski definition) is 6. The molecule has 1 fully saturated rings. The highest BCUT2D eigenvalue weighted by molar-refractivity contribution is 7.89. The second-order valence-electron chi connectivity index (χ2n) is 5.88. The molecule has 9 heteroatoms. The van der Waals surface area contributed by atoms with Gasteiger partial charge in [0.2, 0.25) is 15.9 Å². The highest BCUT2D eigenvalue weighted by Crippen LogP contribution is 2.25. The van der Waals surface area contributed by atoms with Crippen LogP contribution in [0.3, 0.4) is 0 Å². The third-order valence-electron chi connectivity index (χ3n) is 4.39. The number of primary amides is 1. The van der Waals surface area contributed by atoms with Crippen LogP contribution in [0.25, 0.3) is 0 Å². The number of hydrogen-bond donors (Lipinski definition) is 1. The summed E-state index contributed by atoms with van der Waals surface area (Å²) in [6.07, 6.45) is 1.78. The van der Waals surface area contributed by atoms with Gasteiger partial charge in [0.1, 0.15) is 5.01 Å². The number of piperazine rings is 1. The van der Waals surface area contributed by atoms with Crippen LogP contribution in [0.5, 0.6) is 0 Å². The predicted molar refractivity (Wildman–Crippen MR) is 95.8 cm³/mol. The summed E-state index contributed by atoms with van der Waals surface area (Å²) in [7, 11) is -3.64. The molecular weight excluding hydrogens is 360 g/mol. The van der Waals surface area contributed by atoms with E-state index in [9.17, 15) is 13.2 Å². The van der Waals surface area contributed by atoms with Crippen molar-refractivity contribution in [1.29, 1.82) is 0 Å². The first-order valence-corrected chi connectivity index (χ1v) is 10.2. The van der Waals surface area contributed by atoms with Crippen molar-refractivity contribution in [2.75, 3.05) is 26.2 Å². The first-order valence-electron chi connectivity index (χ1n) is 7.93. The molecule has 1 amide bonds. The van der Waals surface area contributed by atoms with Crippen molar-refractivity contribution in [3.05, 3.63) is 46.4 Å². The molecule has 2 aromatic rings. The van der Waals surface area contributed by atoms with E-state index >= 15 is 0 Å². The van der Waals surface area contributed by atoms with Gasteiger partial charge in [0.25, 0.3) is 0 Å². The average molecular weight is 380 g/mol. The van der Waals surface area contributed by atoms with Crippen LogP contribution in [-0.4, -0.2) is 54.7 Å². The van der Waals surface area contributed by atoms with Gasteiger partial charge in [0.05, 0.1) is 10.9 Å². The van der Waals surface area contributed by atoms with Crippen LogP contribution in [-0.2, 0) is 10.0 Å². The molecule has 134 valence electrons. The van der Waals surface area contributed by atoms with E-state index in [1.165, 1.54) is 28.6 Å². The summed E-state index contributed by atoms with van der Waals surface area (Å²) in [6, 6.07) is 6.04. The Kier molecular flexibility index (Phi) is 5.19. The topological polar surface area (TPSA) is 96.6 Å². The zero-order valence-corrected chi connectivity index (χ0v) is 15.5. The maximum atomic E-state index is 12.8. The Balaban J connectivity index is 1.71. The number of nitrogens with two attached hydrogens (primary N) is 1. The molecular formula is C16H20N4O3S2. The van der Waals surface area contributed by atoms with E-state index in [-0.39, 0.29) is 16.5 Å². The van der Waals surface area contributed by atoms with Gasteiger partial charge in [0, 0.05) is 43.3 Å². The summed E-state index contributed by atoms with van der Waals surface area (Å²) in [5.41, 5.74) is 5.44. The molecule has 2 heterocycles. The number of rotatable bonds is 5. The van der Waals surface area contributed by atoms with Crippen LogP contribution in [0.4, 0.5) is 0 Å². The minimum Gasteiger partial charge on any atom is -0.366 e.